The number of esters is 1. The van der Waals surface area contributed by atoms with E-state index in [1.165, 1.54) is 0 Å². The van der Waals surface area contributed by atoms with E-state index in [4.69, 9.17) is 10.5 Å². The van der Waals surface area contributed by atoms with E-state index >= 15 is 0 Å². The number of nitrogens with zero attached hydrogens (tertiary/aromatic N) is 2. The molecular weight excluding hydrogens is 218 g/mol. The first-order valence-corrected chi connectivity index (χ1v) is 6.04. The number of nitrogens with two attached hydrogens (primary N) is 1. The van der Waals surface area contributed by atoms with Crippen molar-refractivity contribution in [1.82, 2.24) is 9.55 Å². The lowest BCUT2D eigenvalue weighted by atomic mass is 10.2. The highest BCUT2D eigenvalue weighted by molar-refractivity contribution is 5.92. The molecule has 5 nitrogen and oxygen atoms in total. The number of carbonyl (C=O) groups is 1. The van der Waals surface area contributed by atoms with Gasteiger partial charge in [0.05, 0.1) is 6.61 Å². The molecule has 0 radical (unpaired) electrons. The van der Waals surface area contributed by atoms with E-state index in [1.54, 1.807) is 6.92 Å². The topological polar surface area (TPSA) is 70.1 Å². The summed E-state index contributed by atoms with van der Waals surface area (Å²) in [6.07, 6.45) is 2.07. The molecule has 1 heterocycles. The number of nitrogen functional groups attached to an aromatic ring is 1. The summed E-state index contributed by atoms with van der Waals surface area (Å²) in [5.41, 5.74) is 6.20. The van der Waals surface area contributed by atoms with Gasteiger partial charge in [0.2, 0.25) is 0 Å². The Morgan fingerprint density at radius 3 is 2.71 bits per heavy atom. The van der Waals surface area contributed by atoms with Crippen LogP contribution in [0.15, 0.2) is 0 Å². The minimum atomic E-state index is -0.449. The predicted molar refractivity (Wildman–Crippen MR) is 67.0 cm³/mol. The third kappa shape index (κ3) is 2.78. The second-order valence-corrected chi connectivity index (χ2v) is 4.12. The molecular formula is C12H21N3O2. The van der Waals surface area contributed by atoms with Gasteiger partial charge in [-0.2, -0.15) is 0 Å². The average molecular weight is 239 g/mol. The van der Waals surface area contributed by atoms with Crippen LogP contribution >= 0.6 is 0 Å². The van der Waals surface area contributed by atoms with Crippen LogP contribution < -0.4 is 5.73 Å². The fourth-order valence-corrected chi connectivity index (χ4v) is 2.01. The van der Waals surface area contributed by atoms with Gasteiger partial charge in [-0.1, -0.05) is 13.3 Å². The van der Waals surface area contributed by atoms with Gasteiger partial charge >= 0.3 is 5.97 Å². The normalized spacial score (nSPS) is 12.5. The summed E-state index contributed by atoms with van der Waals surface area (Å²) in [6.45, 7) is 8.13. The molecule has 2 N–H and O–H groups in total. The van der Waals surface area contributed by atoms with Gasteiger partial charge < -0.3 is 15.0 Å². The summed E-state index contributed by atoms with van der Waals surface area (Å²) >= 11 is 0. The number of aromatic nitrogens is 2. The Morgan fingerprint density at radius 1 is 1.53 bits per heavy atom. The van der Waals surface area contributed by atoms with Crippen molar-refractivity contribution in [3.05, 3.63) is 11.5 Å². The first kappa shape index (κ1) is 13.5. The van der Waals surface area contributed by atoms with E-state index in [2.05, 4.69) is 18.8 Å². The van der Waals surface area contributed by atoms with Crippen molar-refractivity contribution >= 4 is 11.8 Å². The quantitative estimate of drug-likeness (QED) is 0.800. The number of carbonyl (C=O) groups excluding carboxylic acids is 1. The summed E-state index contributed by atoms with van der Waals surface area (Å²) < 4.78 is 6.82. The number of anilines is 1. The van der Waals surface area contributed by atoms with Gasteiger partial charge in [-0.3, -0.25) is 0 Å². The maximum Gasteiger partial charge on any atom is 0.360 e. The molecule has 1 unspecified atom stereocenters. The Morgan fingerprint density at radius 2 is 2.18 bits per heavy atom. The van der Waals surface area contributed by atoms with Crippen LogP contribution in [0.5, 0.6) is 0 Å². The van der Waals surface area contributed by atoms with Crippen molar-refractivity contribution in [3.63, 3.8) is 0 Å². The molecule has 0 saturated heterocycles. The Bertz CT molecular complexity index is 399. The molecule has 0 spiro atoms. The van der Waals surface area contributed by atoms with E-state index in [1.807, 2.05) is 11.5 Å². The molecule has 0 aliphatic heterocycles. The van der Waals surface area contributed by atoms with E-state index < -0.39 is 5.97 Å². The minimum absolute atomic E-state index is 0.229. The van der Waals surface area contributed by atoms with Gasteiger partial charge in [0.15, 0.2) is 5.69 Å². The summed E-state index contributed by atoms with van der Waals surface area (Å²) in [4.78, 5) is 15.8. The Labute approximate surface area is 102 Å². The molecule has 1 rings (SSSR count). The molecule has 17 heavy (non-hydrogen) atoms. The van der Waals surface area contributed by atoms with Crippen LogP contribution in [0, 0.1) is 6.92 Å². The van der Waals surface area contributed by atoms with Crippen LogP contribution in [0.2, 0.25) is 0 Å². The van der Waals surface area contributed by atoms with E-state index in [0.717, 1.165) is 18.7 Å². The van der Waals surface area contributed by atoms with Crippen LogP contribution in [-0.4, -0.2) is 22.1 Å². The predicted octanol–water partition coefficient (Wildman–Crippen LogP) is 2.31. The summed E-state index contributed by atoms with van der Waals surface area (Å²) in [5.74, 6) is 0.712. The van der Waals surface area contributed by atoms with Crippen molar-refractivity contribution in [2.75, 3.05) is 12.3 Å². The number of hydrogen-bond donors (Lipinski definition) is 1. The number of imidazole rings is 1. The van der Waals surface area contributed by atoms with Gasteiger partial charge in [0.1, 0.15) is 11.6 Å². The number of hydrogen-bond acceptors (Lipinski definition) is 4. The molecule has 0 amide bonds. The number of ether oxygens (including phenoxy) is 1. The van der Waals surface area contributed by atoms with E-state index in [0.29, 0.717) is 12.4 Å². The average Bonchev–Trinajstić information content (AvgIpc) is 2.55. The molecule has 0 aromatic carbocycles. The SMILES string of the molecule is CCCC(C)n1c(C)nc(C(=O)OCC)c1N. The van der Waals surface area contributed by atoms with E-state index in [9.17, 15) is 4.79 Å². The van der Waals surface area contributed by atoms with Gasteiger partial charge in [-0.05, 0) is 27.2 Å². The zero-order valence-corrected chi connectivity index (χ0v) is 11.0. The van der Waals surface area contributed by atoms with Crippen LogP contribution in [0.4, 0.5) is 5.82 Å². The van der Waals surface area contributed by atoms with Crippen molar-refractivity contribution in [1.29, 1.82) is 0 Å². The van der Waals surface area contributed by atoms with Crippen molar-refractivity contribution in [2.45, 2.75) is 46.6 Å². The second-order valence-electron chi connectivity index (χ2n) is 4.12. The van der Waals surface area contributed by atoms with Crippen LogP contribution in [-0.2, 0) is 4.74 Å². The maximum absolute atomic E-state index is 11.6. The number of aryl methyl sites for hydroxylation is 1. The monoisotopic (exact) mass is 239 g/mol. The first-order valence-electron chi connectivity index (χ1n) is 6.04. The summed E-state index contributed by atoms with van der Waals surface area (Å²) in [5, 5.41) is 0. The second kappa shape index (κ2) is 5.70. The molecule has 0 saturated carbocycles. The van der Waals surface area contributed by atoms with Gasteiger partial charge in [-0.25, -0.2) is 9.78 Å². The van der Waals surface area contributed by atoms with Crippen LogP contribution in [0.3, 0.4) is 0 Å². The molecule has 0 fully saturated rings. The minimum Gasteiger partial charge on any atom is -0.461 e. The summed E-state index contributed by atoms with van der Waals surface area (Å²) in [6, 6.07) is 0.246. The summed E-state index contributed by atoms with van der Waals surface area (Å²) in [7, 11) is 0. The van der Waals surface area contributed by atoms with Crippen molar-refractivity contribution in [2.24, 2.45) is 0 Å². The molecule has 1 atom stereocenters. The molecule has 1 aromatic heterocycles. The van der Waals surface area contributed by atoms with E-state index in [-0.39, 0.29) is 11.7 Å². The zero-order chi connectivity index (χ0) is 13.0. The molecule has 1 aromatic rings. The zero-order valence-electron chi connectivity index (χ0n) is 11.0. The van der Waals surface area contributed by atoms with Crippen molar-refractivity contribution < 1.29 is 9.53 Å². The number of rotatable bonds is 5. The van der Waals surface area contributed by atoms with Gasteiger partial charge in [0, 0.05) is 6.04 Å². The standard InChI is InChI=1S/C12H21N3O2/c1-5-7-8(3)15-9(4)14-10(11(15)13)12(16)17-6-2/h8H,5-7,13H2,1-4H3. The van der Waals surface area contributed by atoms with Gasteiger partial charge in [0.25, 0.3) is 0 Å². The Hall–Kier alpha value is -1.52. The fraction of sp³-hybridized carbons (Fsp3) is 0.667. The molecule has 0 aliphatic rings. The Kier molecular flexibility index (Phi) is 4.54. The first-order chi connectivity index (χ1) is 8.02. The molecule has 0 bridgehead atoms. The lowest BCUT2D eigenvalue weighted by molar-refractivity contribution is 0.0521. The molecule has 0 aliphatic carbocycles. The largest absolute Gasteiger partial charge is 0.461 e. The van der Waals surface area contributed by atoms with Crippen LogP contribution in [0.25, 0.3) is 0 Å². The highest BCUT2D eigenvalue weighted by Crippen LogP contribution is 2.23. The van der Waals surface area contributed by atoms with Gasteiger partial charge in [-0.15, -0.1) is 0 Å². The molecule has 96 valence electrons. The van der Waals surface area contributed by atoms with Crippen molar-refractivity contribution in [3.8, 4) is 0 Å². The lowest BCUT2D eigenvalue weighted by Crippen LogP contribution is -2.12. The highest BCUT2D eigenvalue weighted by Gasteiger charge is 2.21. The lowest BCUT2D eigenvalue weighted by Gasteiger charge is -2.15. The third-order valence-electron chi connectivity index (χ3n) is 2.74. The fourth-order valence-electron chi connectivity index (χ4n) is 2.01. The highest BCUT2D eigenvalue weighted by atomic mass is 16.5. The van der Waals surface area contributed by atoms with Crippen LogP contribution in [0.1, 0.15) is 56.0 Å². The smallest absolute Gasteiger partial charge is 0.360 e. The third-order valence-corrected chi connectivity index (χ3v) is 2.74. The maximum atomic E-state index is 11.6. The molecule has 5 heteroatoms. The Balaban J connectivity index is 3.05.